The lowest BCUT2D eigenvalue weighted by molar-refractivity contribution is 0.0498. The number of nitrogens with one attached hydrogen (secondary N) is 1. The number of ether oxygens (including phenoxy) is 2. The Morgan fingerprint density at radius 2 is 1.78 bits per heavy atom. The van der Waals surface area contributed by atoms with Crippen molar-refractivity contribution in [2.45, 2.75) is 65.8 Å². The van der Waals surface area contributed by atoms with E-state index in [0.29, 0.717) is 24.3 Å². The molecule has 3 rings (SSSR count). The summed E-state index contributed by atoms with van der Waals surface area (Å²) in [7, 11) is 1.38. The third-order valence-electron chi connectivity index (χ3n) is 6.11. The molecule has 0 fully saturated rings. The Labute approximate surface area is 213 Å². The average molecular weight is 492 g/mol. The van der Waals surface area contributed by atoms with Gasteiger partial charge in [0.25, 0.3) is 0 Å². The predicted octanol–water partition coefficient (Wildman–Crippen LogP) is 6.27. The summed E-state index contributed by atoms with van der Waals surface area (Å²) >= 11 is 0. The first-order valence-corrected chi connectivity index (χ1v) is 12.7. The van der Waals surface area contributed by atoms with E-state index in [9.17, 15) is 9.59 Å². The van der Waals surface area contributed by atoms with Crippen molar-refractivity contribution in [2.75, 3.05) is 19.0 Å². The Bertz CT molecular complexity index is 1170. The summed E-state index contributed by atoms with van der Waals surface area (Å²) in [5, 5.41) is 3.41. The molecule has 0 saturated heterocycles. The molecule has 0 aliphatic heterocycles. The smallest absolute Gasteiger partial charge is 0.340 e. The van der Waals surface area contributed by atoms with E-state index in [1.807, 2.05) is 43.5 Å². The lowest BCUT2D eigenvalue weighted by Crippen LogP contribution is -2.13. The Morgan fingerprint density at radius 1 is 1.00 bits per heavy atom. The van der Waals surface area contributed by atoms with Crippen LogP contribution in [0.4, 0.5) is 5.69 Å². The molecule has 7 nitrogen and oxygen atoms in total. The summed E-state index contributed by atoms with van der Waals surface area (Å²) in [6, 6.07) is 13.0. The van der Waals surface area contributed by atoms with Crippen LogP contribution in [0.2, 0.25) is 0 Å². The molecule has 36 heavy (non-hydrogen) atoms. The van der Waals surface area contributed by atoms with Gasteiger partial charge in [-0.1, -0.05) is 45.2 Å². The van der Waals surface area contributed by atoms with Gasteiger partial charge in [-0.2, -0.15) is 0 Å². The van der Waals surface area contributed by atoms with Crippen LogP contribution in [-0.2, 0) is 22.4 Å². The van der Waals surface area contributed by atoms with E-state index in [0.717, 1.165) is 67.0 Å². The molecule has 0 spiro atoms. The molecule has 0 bridgehead atoms. The number of carbonyl (C=O) groups is 2. The largest absolute Gasteiger partial charge is 0.465 e. The van der Waals surface area contributed by atoms with Crippen molar-refractivity contribution in [3.8, 4) is 5.69 Å². The van der Waals surface area contributed by atoms with E-state index in [1.165, 1.54) is 7.11 Å². The van der Waals surface area contributed by atoms with Crippen LogP contribution in [0.5, 0.6) is 0 Å². The number of hydrogen-bond acceptors (Lipinski definition) is 6. The van der Waals surface area contributed by atoms with Crippen LogP contribution < -0.4 is 5.32 Å². The van der Waals surface area contributed by atoms with Crippen molar-refractivity contribution in [3.05, 3.63) is 76.9 Å². The highest BCUT2D eigenvalue weighted by atomic mass is 16.5. The van der Waals surface area contributed by atoms with E-state index in [2.05, 4.69) is 23.7 Å². The lowest BCUT2D eigenvalue weighted by Gasteiger charge is -2.17. The number of para-hydroxylation sites is 1. The van der Waals surface area contributed by atoms with Crippen molar-refractivity contribution < 1.29 is 19.1 Å². The van der Waals surface area contributed by atoms with Crippen LogP contribution in [0.25, 0.3) is 5.69 Å². The zero-order valence-corrected chi connectivity index (χ0v) is 21.8. The van der Waals surface area contributed by atoms with E-state index < -0.39 is 0 Å². The molecular formula is C29H37N3O4. The number of rotatable bonds is 13. The molecule has 1 heterocycles. The lowest BCUT2D eigenvalue weighted by atomic mass is 10.1. The molecule has 192 valence electrons. The Hall–Kier alpha value is -3.61. The third-order valence-corrected chi connectivity index (χ3v) is 6.11. The maximum atomic E-state index is 12.7. The fourth-order valence-electron chi connectivity index (χ4n) is 4.11. The van der Waals surface area contributed by atoms with Gasteiger partial charge in [0.1, 0.15) is 5.82 Å². The number of unbranched alkanes of at least 4 members (excludes halogenated alkanes) is 3. The van der Waals surface area contributed by atoms with Gasteiger partial charge in [0.05, 0.1) is 49.0 Å². The second-order valence-corrected chi connectivity index (χ2v) is 8.84. The number of nitrogens with zero attached hydrogens (tertiary/aromatic N) is 2. The minimum absolute atomic E-state index is 0.319. The Kier molecular flexibility index (Phi) is 10.1. The van der Waals surface area contributed by atoms with E-state index in [4.69, 9.17) is 14.5 Å². The van der Waals surface area contributed by atoms with Gasteiger partial charge in [-0.3, -0.25) is 4.57 Å². The number of methoxy groups -OCH3 is 1. The van der Waals surface area contributed by atoms with E-state index >= 15 is 0 Å². The molecule has 7 heteroatoms. The second-order valence-electron chi connectivity index (χ2n) is 8.84. The maximum Gasteiger partial charge on any atom is 0.340 e. The minimum Gasteiger partial charge on any atom is -0.465 e. The van der Waals surface area contributed by atoms with Crippen LogP contribution in [0, 0.1) is 6.92 Å². The molecule has 1 N–H and O–H groups in total. The number of hydrogen-bond donors (Lipinski definition) is 1. The molecule has 0 aliphatic rings. The van der Waals surface area contributed by atoms with Gasteiger partial charge < -0.3 is 14.8 Å². The molecule has 3 aromatic rings. The summed E-state index contributed by atoms with van der Waals surface area (Å²) in [6.45, 7) is 7.15. The number of benzene rings is 2. The van der Waals surface area contributed by atoms with Crippen LogP contribution in [0.1, 0.15) is 83.7 Å². The van der Waals surface area contributed by atoms with Gasteiger partial charge in [0, 0.05) is 12.1 Å². The predicted molar refractivity (Wildman–Crippen MR) is 142 cm³/mol. The SMILES string of the molecule is CCCCCOC(=O)c1ccccc1NCc1cnc(CCCC)n1-c1ccc(C(=O)OC)cc1C. The normalized spacial score (nSPS) is 10.8. The van der Waals surface area contributed by atoms with Crippen molar-refractivity contribution in [1.82, 2.24) is 9.55 Å². The number of aromatic nitrogens is 2. The molecular weight excluding hydrogens is 454 g/mol. The van der Waals surface area contributed by atoms with Crippen molar-refractivity contribution >= 4 is 17.6 Å². The highest BCUT2D eigenvalue weighted by Gasteiger charge is 2.17. The molecule has 0 atom stereocenters. The first-order chi connectivity index (χ1) is 17.5. The number of carbonyl (C=O) groups excluding carboxylic acids is 2. The third kappa shape index (κ3) is 6.74. The number of imidazole rings is 1. The van der Waals surface area contributed by atoms with Crippen molar-refractivity contribution in [3.63, 3.8) is 0 Å². The second kappa shape index (κ2) is 13.5. The highest BCUT2D eigenvalue weighted by molar-refractivity contribution is 5.95. The molecule has 0 radical (unpaired) electrons. The molecule has 0 amide bonds. The average Bonchev–Trinajstić information content (AvgIpc) is 3.30. The van der Waals surface area contributed by atoms with Gasteiger partial charge in [-0.15, -0.1) is 0 Å². The first-order valence-electron chi connectivity index (χ1n) is 12.7. The summed E-state index contributed by atoms with van der Waals surface area (Å²) in [5.74, 6) is 0.286. The van der Waals surface area contributed by atoms with Crippen LogP contribution in [-0.4, -0.2) is 35.2 Å². The number of aryl methyl sites for hydroxylation is 2. The quantitative estimate of drug-likeness (QED) is 0.224. The number of anilines is 1. The first kappa shape index (κ1) is 27.0. The van der Waals surface area contributed by atoms with Crippen LogP contribution >= 0.6 is 0 Å². The summed E-state index contributed by atoms with van der Waals surface area (Å²) in [4.78, 5) is 29.4. The number of esters is 2. The zero-order chi connectivity index (χ0) is 25.9. The maximum absolute atomic E-state index is 12.7. The molecule has 0 unspecified atom stereocenters. The zero-order valence-electron chi connectivity index (χ0n) is 21.8. The highest BCUT2D eigenvalue weighted by Crippen LogP contribution is 2.24. The Morgan fingerprint density at radius 3 is 2.50 bits per heavy atom. The van der Waals surface area contributed by atoms with Gasteiger partial charge in [0.15, 0.2) is 0 Å². The monoisotopic (exact) mass is 491 g/mol. The molecule has 0 saturated carbocycles. The summed E-state index contributed by atoms with van der Waals surface area (Å²) in [5.41, 5.74) is 4.63. The fourth-order valence-corrected chi connectivity index (χ4v) is 4.11. The summed E-state index contributed by atoms with van der Waals surface area (Å²) in [6.07, 6.45) is 7.79. The molecule has 1 aromatic heterocycles. The van der Waals surface area contributed by atoms with Crippen molar-refractivity contribution in [1.29, 1.82) is 0 Å². The van der Waals surface area contributed by atoms with E-state index in [-0.39, 0.29) is 11.9 Å². The topological polar surface area (TPSA) is 82.5 Å². The van der Waals surface area contributed by atoms with Gasteiger partial charge in [-0.25, -0.2) is 14.6 Å². The minimum atomic E-state index is -0.360. The van der Waals surface area contributed by atoms with Crippen LogP contribution in [0.3, 0.4) is 0 Å². The fraction of sp³-hybridized carbons (Fsp3) is 0.414. The standard InChI is InChI=1S/C29H37N3O4/c1-5-7-11-17-36-29(34)24-12-9-10-13-25(24)30-19-23-20-31-27(14-8-6-2)32(23)26-16-15-22(18-21(26)3)28(33)35-4/h9-10,12-13,15-16,18,20,30H,5-8,11,14,17,19H2,1-4H3. The van der Waals surface area contributed by atoms with Crippen LogP contribution in [0.15, 0.2) is 48.7 Å². The molecule has 2 aromatic carbocycles. The van der Waals surface area contributed by atoms with Gasteiger partial charge in [0.2, 0.25) is 0 Å². The van der Waals surface area contributed by atoms with E-state index in [1.54, 1.807) is 12.1 Å². The van der Waals surface area contributed by atoms with Crippen molar-refractivity contribution in [2.24, 2.45) is 0 Å². The summed E-state index contributed by atoms with van der Waals surface area (Å²) < 4.78 is 12.5. The van der Waals surface area contributed by atoms with Gasteiger partial charge in [-0.05, 0) is 55.7 Å². The molecule has 0 aliphatic carbocycles. The Balaban J connectivity index is 1.86. The van der Waals surface area contributed by atoms with Gasteiger partial charge >= 0.3 is 11.9 Å².